The van der Waals surface area contributed by atoms with Gasteiger partial charge >= 0.3 is 5.97 Å². The van der Waals surface area contributed by atoms with Crippen LogP contribution in [0.4, 0.5) is 0 Å². The molecule has 0 aromatic heterocycles. The highest BCUT2D eigenvalue weighted by Crippen LogP contribution is 2.17. The molecule has 0 aliphatic rings. The van der Waals surface area contributed by atoms with Crippen LogP contribution >= 0.6 is 0 Å². The molecule has 2 N–H and O–H groups in total. The molecular weight excluding hydrogens is 564 g/mol. The molecule has 0 atom stereocenters. The molecule has 0 aliphatic carbocycles. The second kappa shape index (κ2) is 44.4. The zero-order valence-corrected chi connectivity index (χ0v) is 32.3. The highest BCUT2D eigenvalue weighted by molar-refractivity contribution is 5.66. The minimum atomic E-state index is -0.659. The Morgan fingerprint density at radius 2 is 0.630 bits per heavy atom. The van der Waals surface area contributed by atoms with E-state index >= 15 is 0 Å². The average molecular weight is 653 g/mol. The Balaban J connectivity index is 0. The first kappa shape index (κ1) is 47.5. The highest BCUT2D eigenvalue weighted by Gasteiger charge is 1.98. The van der Waals surface area contributed by atoms with E-state index in [9.17, 15) is 4.79 Å². The van der Waals surface area contributed by atoms with Crippen LogP contribution in [0.25, 0.3) is 0 Å². The van der Waals surface area contributed by atoms with E-state index in [1.807, 2.05) is 0 Å². The standard InChI is InChI=1S/C31H64O.C12H24O2/c1-31(2)29-27-25-23-21-19-17-15-13-11-9-7-5-3-4-6-8-10-12-14-16-18-20-22-24-26-28-30-32;1-2-3-4-5-6-7-8-9-10-11-12(13)14/h31-32H,3-30H2,1-2H3;2-11H2,1H3,(H,13,14). The third-order valence-electron chi connectivity index (χ3n) is 9.68. The van der Waals surface area contributed by atoms with E-state index in [4.69, 9.17) is 10.2 Å². The first-order chi connectivity index (χ1) is 22.5. The minimum Gasteiger partial charge on any atom is -0.481 e. The number of aliphatic carboxylic acids is 1. The van der Waals surface area contributed by atoms with Gasteiger partial charge in [-0.25, -0.2) is 0 Å². The van der Waals surface area contributed by atoms with Crippen molar-refractivity contribution < 1.29 is 15.0 Å². The van der Waals surface area contributed by atoms with Gasteiger partial charge in [-0.1, -0.05) is 239 Å². The van der Waals surface area contributed by atoms with Crippen LogP contribution in [-0.4, -0.2) is 22.8 Å². The smallest absolute Gasteiger partial charge is 0.303 e. The summed E-state index contributed by atoms with van der Waals surface area (Å²) in [5.74, 6) is 0.234. The lowest BCUT2D eigenvalue weighted by Crippen LogP contribution is -1.93. The van der Waals surface area contributed by atoms with Gasteiger partial charge in [-0.15, -0.1) is 0 Å². The Morgan fingerprint density at radius 3 is 0.870 bits per heavy atom. The van der Waals surface area contributed by atoms with Gasteiger partial charge in [-0.05, 0) is 18.8 Å². The average Bonchev–Trinajstić information content (AvgIpc) is 3.03. The number of rotatable bonds is 38. The monoisotopic (exact) mass is 653 g/mol. The van der Waals surface area contributed by atoms with E-state index in [-0.39, 0.29) is 0 Å². The van der Waals surface area contributed by atoms with E-state index in [1.54, 1.807) is 0 Å². The molecule has 3 heteroatoms. The minimum absolute atomic E-state index is 0.343. The highest BCUT2D eigenvalue weighted by atomic mass is 16.4. The largest absolute Gasteiger partial charge is 0.481 e. The van der Waals surface area contributed by atoms with Crippen LogP contribution in [0.1, 0.15) is 258 Å². The Kier molecular flexibility index (Phi) is 45.9. The van der Waals surface area contributed by atoms with Crippen molar-refractivity contribution in [1.29, 1.82) is 0 Å². The number of unbranched alkanes of at least 4 members (excludes halogenated alkanes) is 33. The lowest BCUT2D eigenvalue weighted by Gasteiger charge is -2.05. The molecule has 0 bridgehead atoms. The van der Waals surface area contributed by atoms with Crippen LogP contribution in [-0.2, 0) is 4.79 Å². The van der Waals surface area contributed by atoms with Crippen molar-refractivity contribution in [2.45, 2.75) is 258 Å². The summed E-state index contributed by atoms with van der Waals surface area (Å²) in [5, 5.41) is 17.2. The predicted molar refractivity (Wildman–Crippen MR) is 206 cm³/mol. The Bertz CT molecular complexity index is 532. The fraction of sp³-hybridized carbons (Fsp3) is 0.977. The van der Waals surface area contributed by atoms with Crippen LogP contribution in [0, 0.1) is 5.92 Å². The van der Waals surface area contributed by atoms with Gasteiger partial charge in [0.15, 0.2) is 0 Å². The topological polar surface area (TPSA) is 57.5 Å². The Hall–Kier alpha value is -0.570. The van der Waals surface area contributed by atoms with Crippen molar-refractivity contribution in [3.05, 3.63) is 0 Å². The summed E-state index contributed by atoms with van der Waals surface area (Å²) in [6, 6.07) is 0. The van der Waals surface area contributed by atoms with Gasteiger partial charge in [0.2, 0.25) is 0 Å². The Morgan fingerprint density at radius 1 is 0.391 bits per heavy atom. The molecule has 0 radical (unpaired) electrons. The fourth-order valence-corrected chi connectivity index (χ4v) is 6.49. The predicted octanol–water partition coefficient (Wildman–Crippen LogP) is 15.2. The number of hydrogen-bond donors (Lipinski definition) is 2. The summed E-state index contributed by atoms with van der Waals surface area (Å²) in [6.07, 6.45) is 50.1. The maximum Gasteiger partial charge on any atom is 0.303 e. The molecule has 0 spiro atoms. The SMILES string of the molecule is CC(C)CCCCCCCCCCCCCCCCCCCCCCCCCCCCO.CCCCCCCCCCCC(=O)O. The summed E-state index contributed by atoms with van der Waals surface area (Å²) < 4.78 is 0. The molecule has 0 aromatic carbocycles. The normalized spacial score (nSPS) is 11.2. The first-order valence-electron chi connectivity index (χ1n) is 21.4. The number of carboxylic acid groups (broad SMARTS) is 1. The quantitative estimate of drug-likeness (QED) is 0.0652. The van der Waals surface area contributed by atoms with Gasteiger partial charge in [0.25, 0.3) is 0 Å². The third kappa shape index (κ3) is 50.3. The maximum absolute atomic E-state index is 10.2. The van der Waals surface area contributed by atoms with Gasteiger partial charge in [0.05, 0.1) is 0 Å². The Labute approximate surface area is 291 Å². The lowest BCUT2D eigenvalue weighted by atomic mass is 10.0. The number of aliphatic hydroxyl groups is 1. The van der Waals surface area contributed by atoms with Crippen molar-refractivity contribution in [1.82, 2.24) is 0 Å². The van der Waals surface area contributed by atoms with Crippen molar-refractivity contribution in [2.75, 3.05) is 6.61 Å². The van der Waals surface area contributed by atoms with Crippen molar-refractivity contribution in [3.8, 4) is 0 Å². The van der Waals surface area contributed by atoms with Gasteiger partial charge < -0.3 is 10.2 Å². The zero-order chi connectivity index (χ0) is 34.0. The lowest BCUT2D eigenvalue weighted by molar-refractivity contribution is -0.137. The van der Waals surface area contributed by atoms with Gasteiger partial charge in [0, 0.05) is 13.0 Å². The molecule has 0 rings (SSSR count). The third-order valence-corrected chi connectivity index (χ3v) is 9.68. The molecule has 0 aromatic rings. The fourth-order valence-electron chi connectivity index (χ4n) is 6.49. The van der Waals surface area contributed by atoms with Crippen LogP contribution in [0.5, 0.6) is 0 Å². The number of hydrogen-bond acceptors (Lipinski definition) is 2. The van der Waals surface area contributed by atoms with E-state index in [1.165, 1.54) is 212 Å². The molecule has 0 fully saturated rings. The molecule has 0 aliphatic heterocycles. The summed E-state index contributed by atoms with van der Waals surface area (Å²) in [7, 11) is 0. The summed E-state index contributed by atoms with van der Waals surface area (Å²) in [4.78, 5) is 10.2. The van der Waals surface area contributed by atoms with Crippen LogP contribution in [0.15, 0.2) is 0 Å². The van der Waals surface area contributed by atoms with E-state index in [0.717, 1.165) is 25.2 Å². The summed E-state index contributed by atoms with van der Waals surface area (Å²) in [6.45, 7) is 7.29. The molecule has 0 unspecified atom stereocenters. The van der Waals surface area contributed by atoms with Crippen molar-refractivity contribution >= 4 is 5.97 Å². The first-order valence-corrected chi connectivity index (χ1v) is 21.4. The van der Waals surface area contributed by atoms with Crippen LogP contribution < -0.4 is 0 Å². The summed E-state index contributed by atoms with van der Waals surface area (Å²) >= 11 is 0. The number of carboxylic acids is 1. The van der Waals surface area contributed by atoms with Crippen molar-refractivity contribution in [2.24, 2.45) is 5.92 Å². The van der Waals surface area contributed by atoms with Crippen LogP contribution in [0.3, 0.4) is 0 Å². The molecular formula is C43H88O3. The molecule has 3 nitrogen and oxygen atoms in total. The van der Waals surface area contributed by atoms with E-state index in [2.05, 4.69) is 20.8 Å². The summed E-state index contributed by atoms with van der Waals surface area (Å²) in [5.41, 5.74) is 0. The van der Waals surface area contributed by atoms with Gasteiger partial charge in [-0.2, -0.15) is 0 Å². The van der Waals surface area contributed by atoms with Crippen LogP contribution in [0.2, 0.25) is 0 Å². The number of aliphatic hydroxyl groups excluding tert-OH is 1. The molecule has 0 saturated heterocycles. The number of carbonyl (C=O) groups is 1. The zero-order valence-electron chi connectivity index (χ0n) is 32.3. The second-order valence-corrected chi connectivity index (χ2v) is 15.1. The van der Waals surface area contributed by atoms with Crippen molar-refractivity contribution in [3.63, 3.8) is 0 Å². The molecule has 0 saturated carbocycles. The van der Waals surface area contributed by atoms with E-state index < -0.39 is 5.97 Å². The molecule has 278 valence electrons. The maximum atomic E-state index is 10.2. The molecule has 0 amide bonds. The van der Waals surface area contributed by atoms with Gasteiger partial charge in [-0.3, -0.25) is 4.79 Å². The molecule has 0 heterocycles. The van der Waals surface area contributed by atoms with E-state index in [0.29, 0.717) is 13.0 Å². The van der Waals surface area contributed by atoms with Gasteiger partial charge in [0.1, 0.15) is 0 Å². The second-order valence-electron chi connectivity index (χ2n) is 15.1. The molecule has 46 heavy (non-hydrogen) atoms.